The third-order valence-electron chi connectivity index (χ3n) is 3.86. The summed E-state index contributed by atoms with van der Waals surface area (Å²) in [4.78, 5) is 16.9. The predicted molar refractivity (Wildman–Crippen MR) is 81.6 cm³/mol. The molecule has 0 spiro atoms. The van der Waals surface area contributed by atoms with Gasteiger partial charge in [-0.15, -0.1) is 23.7 Å². The minimum atomic E-state index is 0. The van der Waals surface area contributed by atoms with Gasteiger partial charge in [-0.1, -0.05) is 0 Å². The van der Waals surface area contributed by atoms with E-state index >= 15 is 0 Å². The highest BCUT2D eigenvalue weighted by Gasteiger charge is 2.24. The van der Waals surface area contributed by atoms with Crippen LogP contribution in [0.2, 0.25) is 0 Å². The fourth-order valence-corrected chi connectivity index (χ4v) is 4.09. The Labute approximate surface area is 124 Å². The maximum atomic E-state index is 12.5. The Kier molecular flexibility index (Phi) is 4.87. The summed E-state index contributed by atoms with van der Waals surface area (Å²) in [5, 5.41) is 3.38. The first-order valence-corrected chi connectivity index (χ1v) is 7.70. The number of carbonyl (C=O) groups excluding carboxylic acids is 1. The molecule has 3 nitrogen and oxygen atoms in total. The van der Waals surface area contributed by atoms with Crippen LogP contribution in [0.4, 0.5) is 0 Å². The molecule has 1 fully saturated rings. The van der Waals surface area contributed by atoms with Crippen LogP contribution in [-0.4, -0.2) is 36.5 Å². The van der Waals surface area contributed by atoms with E-state index in [4.69, 9.17) is 0 Å². The molecule has 3 rings (SSSR count). The standard InChI is InChI=1S/C14H20N2OS.ClH/c1-10-9-16(7-6-15-10)14(17)13-8-11-4-2-3-5-12(11)18-13;/h8,10,15H,2-7,9H2,1H3;1H. The number of nitrogens with zero attached hydrogens (tertiary/aromatic N) is 1. The number of rotatable bonds is 1. The van der Waals surface area contributed by atoms with E-state index in [0.29, 0.717) is 6.04 Å². The Balaban J connectivity index is 0.00000133. The second-order valence-electron chi connectivity index (χ2n) is 5.37. The molecule has 2 heterocycles. The molecule has 1 aromatic heterocycles. The molecule has 0 bridgehead atoms. The van der Waals surface area contributed by atoms with Gasteiger partial charge in [-0.2, -0.15) is 0 Å². The number of hydrogen-bond donors (Lipinski definition) is 1. The molecule has 1 atom stereocenters. The second kappa shape index (κ2) is 6.25. The number of amides is 1. The molecule has 106 valence electrons. The van der Waals surface area contributed by atoms with Gasteiger partial charge in [-0.25, -0.2) is 0 Å². The molecule has 1 N–H and O–H groups in total. The van der Waals surface area contributed by atoms with Gasteiger partial charge in [0.05, 0.1) is 4.88 Å². The van der Waals surface area contributed by atoms with E-state index in [1.807, 2.05) is 4.90 Å². The Morgan fingerprint density at radius 1 is 1.42 bits per heavy atom. The minimum Gasteiger partial charge on any atom is -0.335 e. The molecule has 19 heavy (non-hydrogen) atoms. The lowest BCUT2D eigenvalue weighted by atomic mass is 9.99. The van der Waals surface area contributed by atoms with Crippen molar-refractivity contribution in [3.63, 3.8) is 0 Å². The fourth-order valence-electron chi connectivity index (χ4n) is 2.87. The van der Waals surface area contributed by atoms with Crippen molar-refractivity contribution in [1.29, 1.82) is 0 Å². The van der Waals surface area contributed by atoms with Crippen molar-refractivity contribution in [2.24, 2.45) is 0 Å². The molecular formula is C14H21ClN2OS. The third kappa shape index (κ3) is 3.12. The van der Waals surface area contributed by atoms with Crippen LogP contribution in [-0.2, 0) is 12.8 Å². The second-order valence-corrected chi connectivity index (χ2v) is 6.51. The average Bonchev–Trinajstić information content (AvgIpc) is 2.81. The van der Waals surface area contributed by atoms with Gasteiger partial charge in [-0.05, 0) is 44.2 Å². The van der Waals surface area contributed by atoms with Crippen molar-refractivity contribution in [2.75, 3.05) is 19.6 Å². The van der Waals surface area contributed by atoms with Crippen LogP contribution in [0.5, 0.6) is 0 Å². The quantitative estimate of drug-likeness (QED) is 0.864. The fraction of sp³-hybridized carbons (Fsp3) is 0.643. The first-order valence-electron chi connectivity index (χ1n) is 6.88. The molecule has 1 unspecified atom stereocenters. The van der Waals surface area contributed by atoms with Gasteiger partial charge in [0.2, 0.25) is 0 Å². The molecule has 1 aromatic rings. The molecule has 1 aliphatic carbocycles. The smallest absolute Gasteiger partial charge is 0.264 e. The SMILES string of the molecule is CC1CN(C(=O)c2cc3c(s2)CCCC3)CCN1.Cl. The molecular weight excluding hydrogens is 280 g/mol. The highest BCUT2D eigenvalue weighted by molar-refractivity contribution is 7.14. The third-order valence-corrected chi connectivity index (χ3v) is 5.09. The number of hydrogen-bond acceptors (Lipinski definition) is 3. The average molecular weight is 301 g/mol. The Morgan fingerprint density at radius 3 is 2.95 bits per heavy atom. The summed E-state index contributed by atoms with van der Waals surface area (Å²) >= 11 is 1.73. The number of nitrogens with one attached hydrogen (secondary N) is 1. The molecule has 0 aromatic carbocycles. The van der Waals surface area contributed by atoms with Crippen LogP contribution in [0.1, 0.15) is 39.9 Å². The molecule has 1 amide bonds. The van der Waals surface area contributed by atoms with Crippen LogP contribution in [0, 0.1) is 0 Å². The maximum absolute atomic E-state index is 12.5. The summed E-state index contributed by atoms with van der Waals surface area (Å²) in [5.74, 6) is 0.239. The summed E-state index contributed by atoms with van der Waals surface area (Å²) in [6.45, 7) is 4.73. The Hall–Kier alpha value is -0.580. The van der Waals surface area contributed by atoms with E-state index in [9.17, 15) is 4.79 Å². The Morgan fingerprint density at radius 2 is 2.21 bits per heavy atom. The first kappa shape index (κ1) is 14.8. The number of aryl methyl sites for hydroxylation is 2. The summed E-state index contributed by atoms with van der Waals surface area (Å²) in [5.41, 5.74) is 1.43. The molecule has 1 aliphatic heterocycles. The van der Waals surface area contributed by atoms with Gasteiger partial charge in [0, 0.05) is 30.6 Å². The molecule has 5 heteroatoms. The van der Waals surface area contributed by atoms with E-state index in [1.54, 1.807) is 11.3 Å². The molecule has 0 saturated carbocycles. The van der Waals surface area contributed by atoms with Gasteiger partial charge in [0.15, 0.2) is 0 Å². The zero-order chi connectivity index (χ0) is 12.5. The van der Waals surface area contributed by atoms with Gasteiger partial charge in [0.25, 0.3) is 5.91 Å². The number of thiophene rings is 1. The van der Waals surface area contributed by atoms with Crippen molar-refractivity contribution >= 4 is 29.7 Å². The zero-order valence-corrected chi connectivity index (χ0v) is 12.9. The molecule has 1 saturated heterocycles. The lowest BCUT2D eigenvalue weighted by Gasteiger charge is -2.31. The van der Waals surface area contributed by atoms with Crippen LogP contribution < -0.4 is 5.32 Å². The number of fused-ring (bicyclic) bond motifs is 1. The van der Waals surface area contributed by atoms with Gasteiger partial charge in [0.1, 0.15) is 0 Å². The van der Waals surface area contributed by atoms with Gasteiger partial charge in [-0.3, -0.25) is 4.79 Å². The van der Waals surface area contributed by atoms with E-state index in [2.05, 4.69) is 18.3 Å². The van der Waals surface area contributed by atoms with Crippen LogP contribution in [0.15, 0.2) is 6.07 Å². The van der Waals surface area contributed by atoms with Gasteiger partial charge >= 0.3 is 0 Å². The lowest BCUT2D eigenvalue weighted by Crippen LogP contribution is -2.51. The first-order chi connectivity index (χ1) is 8.74. The summed E-state index contributed by atoms with van der Waals surface area (Å²) in [6.07, 6.45) is 4.90. The topological polar surface area (TPSA) is 32.3 Å². The van der Waals surface area contributed by atoms with Crippen molar-refractivity contribution in [1.82, 2.24) is 10.2 Å². The highest BCUT2D eigenvalue weighted by Crippen LogP contribution is 2.30. The van der Waals surface area contributed by atoms with Crippen molar-refractivity contribution in [3.8, 4) is 0 Å². The van der Waals surface area contributed by atoms with E-state index in [0.717, 1.165) is 30.9 Å². The predicted octanol–water partition coefficient (Wildman–Crippen LogP) is 2.48. The number of halogens is 1. The van der Waals surface area contributed by atoms with Crippen LogP contribution in [0.3, 0.4) is 0 Å². The van der Waals surface area contributed by atoms with Gasteiger partial charge < -0.3 is 10.2 Å². The van der Waals surface area contributed by atoms with E-state index in [-0.39, 0.29) is 18.3 Å². The largest absolute Gasteiger partial charge is 0.335 e. The lowest BCUT2D eigenvalue weighted by molar-refractivity contribution is 0.0714. The maximum Gasteiger partial charge on any atom is 0.264 e. The normalized spacial score (nSPS) is 22.6. The zero-order valence-electron chi connectivity index (χ0n) is 11.3. The monoisotopic (exact) mass is 300 g/mol. The number of piperazine rings is 1. The van der Waals surface area contributed by atoms with Crippen molar-refractivity contribution < 1.29 is 4.79 Å². The van der Waals surface area contributed by atoms with Crippen molar-refractivity contribution in [2.45, 2.75) is 38.6 Å². The van der Waals surface area contributed by atoms with Crippen molar-refractivity contribution in [3.05, 3.63) is 21.4 Å². The summed E-state index contributed by atoms with van der Waals surface area (Å²) < 4.78 is 0. The van der Waals surface area contributed by atoms with E-state index in [1.165, 1.54) is 29.7 Å². The Bertz CT molecular complexity index is 437. The number of carbonyl (C=O) groups is 1. The van der Waals surface area contributed by atoms with Crippen LogP contribution in [0.25, 0.3) is 0 Å². The van der Waals surface area contributed by atoms with Crippen LogP contribution >= 0.6 is 23.7 Å². The molecule has 2 aliphatic rings. The molecule has 0 radical (unpaired) electrons. The van der Waals surface area contributed by atoms with E-state index < -0.39 is 0 Å². The minimum absolute atomic E-state index is 0. The summed E-state index contributed by atoms with van der Waals surface area (Å²) in [6, 6.07) is 2.56. The highest BCUT2D eigenvalue weighted by atomic mass is 35.5. The summed E-state index contributed by atoms with van der Waals surface area (Å²) in [7, 11) is 0.